The van der Waals surface area contributed by atoms with Crippen LogP contribution in [0.2, 0.25) is 0 Å². The average Bonchev–Trinajstić information content (AvgIpc) is 3.43. The molecule has 1 aromatic heterocycles. The number of hydrogen-bond donors (Lipinski definition) is 2. The summed E-state index contributed by atoms with van der Waals surface area (Å²) >= 11 is 1.69. The van der Waals surface area contributed by atoms with Gasteiger partial charge in [-0.15, -0.1) is 11.3 Å². The highest BCUT2D eigenvalue weighted by Gasteiger charge is 2.31. The maximum absolute atomic E-state index is 12.7. The highest BCUT2D eigenvalue weighted by atomic mass is 32.1. The van der Waals surface area contributed by atoms with Crippen molar-refractivity contribution in [3.8, 4) is 5.75 Å². The summed E-state index contributed by atoms with van der Waals surface area (Å²) in [6.07, 6.45) is 0. The van der Waals surface area contributed by atoms with E-state index in [-0.39, 0.29) is 18.6 Å². The first-order valence-corrected chi connectivity index (χ1v) is 13.2. The molecule has 0 spiro atoms. The summed E-state index contributed by atoms with van der Waals surface area (Å²) in [5.41, 5.74) is 2.22. The number of amides is 2. The van der Waals surface area contributed by atoms with Gasteiger partial charge in [-0.1, -0.05) is 48.5 Å². The van der Waals surface area contributed by atoms with Gasteiger partial charge in [-0.3, -0.25) is 19.4 Å². The van der Waals surface area contributed by atoms with Gasteiger partial charge in [0.25, 0.3) is 0 Å². The van der Waals surface area contributed by atoms with Crippen LogP contribution in [-0.4, -0.2) is 60.9 Å². The standard InChI is InChI=1S/C28H34N4O3S/c1-21(30-28(34)27(33)29-19-22-10-12-24(35-2)13-11-22)26(25-9-6-18-36-25)32-16-14-31(15-17-32)20-23-7-4-3-5-8-23/h3-13,18,21,26H,14-17,19-20H2,1-2H3,(H,29,33)(H,30,34)/t21-,26+/m1/s1. The molecule has 0 radical (unpaired) electrons. The molecule has 0 bridgehead atoms. The lowest BCUT2D eigenvalue weighted by molar-refractivity contribution is -0.140. The van der Waals surface area contributed by atoms with Crippen molar-refractivity contribution in [2.24, 2.45) is 0 Å². The molecule has 1 aliphatic rings. The Bertz CT molecular complexity index is 1100. The molecule has 2 atom stereocenters. The minimum atomic E-state index is -0.629. The number of methoxy groups -OCH3 is 1. The second-order valence-electron chi connectivity index (χ2n) is 9.05. The minimum Gasteiger partial charge on any atom is -0.497 e. The van der Waals surface area contributed by atoms with Crippen molar-refractivity contribution in [3.63, 3.8) is 0 Å². The van der Waals surface area contributed by atoms with Gasteiger partial charge in [0.05, 0.1) is 13.2 Å². The summed E-state index contributed by atoms with van der Waals surface area (Å²) in [5.74, 6) is -0.493. The Balaban J connectivity index is 1.32. The van der Waals surface area contributed by atoms with Gasteiger partial charge in [0, 0.05) is 50.2 Å². The molecule has 0 saturated carbocycles. The van der Waals surface area contributed by atoms with Crippen LogP contribution in [-0.2, 0) is 22.7 Å². The third-order valence-electron chi connectivity index (χ3n) is 6.53. The maximum atomic E-state index is 12.7. The molecule has 3 aromatic rings. The number of hydrogen-bond acceptors (Lipinski definition) is 6. The fourth-order valence-corrected chi connectivity index (χ4v) is 5.56. The number of ether oxygens (including phenoxy) is 1. The summed E-state index contributed by atoms with van der Waals surface area (Å²) in [5, 5.41) is 7.73. The molecule has 7 nitrogen and oxygen atoms in total. The van der Waals surface area contributed by atoms with Crippen LogP contribution < -0.4 is 15.4 Å². The van der Waals surface area contributed by atoms with E-state index in [1.165, 1.54) is 10.4 Å². The minimum absolute atomic E-state index is 0.0159. The van der Waals surface area contributed by atoms with Gasteiger partial charge in [-0.05, 0) is 41.6 Å². The Kier molecular flexibility index (Phi) is 9.11. The van der Waals surface area contributed by atoms with Gasteiger partial charge in [0.2, 0.25) is 0 Å². The highest BCUT2D eigenvalue weighted by molar-refractivity contribution is 7.10. The number of benzene rings is 2. The van der Waals surface area contributed by atoms with Crippen LogP contribution >= 0.6 is 11.3 Å². The smallest absolute Gasteiger partial charge is 0.309 e. The van der Waals surface area contributed by atoms with Crippen molar-refractivity contribution in [2.45, 2.75) is 32.1 Å². The van der Waals surface area contributed by atoms with Gasteiger partial charge >= 0.3 is 11.8 Å². The van der Waals surface area contributed by atoms with Gasteiger partial charge in [0.1, 0.15) is 5.75 Å². The summed E-state index contributed by atoms with van der Waals surface area (Å²) in [6.45, 7) is 6.93. The zero-order chi connectivity index (χ0) is 25.3. The molecule has 1 saturated heterocycles. The second kappa shape index (κ2) is 12.7. The first-order valence-electron chi connectivity index (χ1n) is 12.3. The summed E-state index contributed by atoms with van der Waals surface area (Å²) in [6, 6.07) is 21.9. The average molecular weight is 507 g/mol. The molecule has 0 unspecified atom stereocenters. The highest BCUT2D eigenvalue weighted by Crippen LogP contribution is 2.29. The van der Waals surface area contributed by atoms with Crippen molar-refractivity contribution < 1.29 is 14.3 Å². The van der Waals surface area contributed by atoms with E-state index in [0.29, 0.717) is 0 Å². The number of rotatable bonds is 9. The monoisotopic (exact) mass is 506 g/mol. The third-order valence-corrected chi connectivity index (χ3v) is 7.48. The maximum Gasteiger partial charge on any atom is 0.309 e. The summed E-state index contributed by atoms with van der Waals surface area (Å²) in [7, 11) is 1.61. The molecule has 190 valence electrons. The van der Waals surface area contributed by atoms with Gasteiger partial charge in [0.15, 0.2) is 0 Å². The number of thiophene rings is 1. The van der Waals surface area contributed by atoms with Gasteiger partial charge in [-0.2, -0.15) is 0 Å². The molecule has 0 aliphatic carbocycles. The lowest BCUT2D eigenvalue weighted by Gasteiger charge is -2.41. The second-order valence-corrected chi connectivity index (χ2v) is 10.0. The van der Waals surface area contributed by atoms with E-state index in [1.54, 1.807) is 18.4 Å². The van der Waals surface area contributed by atoms with Crippen LogP contribution in [0.1, 0.15) is 29.0 Å². The van der Waals surface area contributed by atoms with Gasteiger partial charge < -0.3 is 15.4 Å². The van der Waals surface area contributed by atoms with Crippen LogP contribution in [0, 0.1) is 0 Å². The largest absolute Gasteiger partial charge is 0.497 e. The zero-order valence-corrected chi connectivity index (χ0v) is 21.7. The molecule has 2 aromatic carbocycles. The molecule has 36 heavy (non-hydrogen) atoms. The van der Waals surface area contributed by atoms with E-state index >= 15 is 0 Å². The molecule has 2 N–H and O–H groups in total. The molecule has 2 amide bonds. The Morgan fingerprint density at radius 2 is 1.64 bits per heavy atom. The SMILES string of the molecule is COc1ccc(CNC(=O)C(=O)N[C@H](C)[C@@H](c2cccs2)N2CCN(Cc3ccccc3)CC2)cc1. The molecule has 1 fully saturated rings. The Hall–Kier alpha value is -3.20. The molecule has 4 rings (SSSR count). The van der Waals surface area contributed by atoms with Crippen LogP contribution in [0.25, 0.3) is 0 Å². The van der Waals surface area contributed by atoms with E-state index < -0.39 is 11.8 Å². The van der Waals surface area contributed by atoms with Crippen molar-refractivity contribution in [1.29, 1.82) is 0 Å². The molecular formula is C28H34N4O3S. The van der Waals surface area contributed by atoms with Crippen LogP contribution in [0.3, 0.4) is 0 Å². The van der Waals surface area contributed by atoms with E-state index in [9.17, 15) is 9.59 Å². The lowest BCUT2D eigenvalue weighted by Crippen LogP contribution is -2.53. The zero-order valence-electron chi connectivity index (χ0n) is 20.9. The van der Waals surface area contributed by atoms with Crippen LogP contribution in [0.15, 0.2) is 72.1 Å². The number of nitrogens with one attached hydrogen (secondary N) is 2. The predicted octanol–water partition coefficient (Wildman–Crippen LogP) is 3.44. The van der Waals surface area contributed by atoms with Crippen molar-refractivity contribution in [1.82, 2.24) is 20.4 Å². The fraction of sp³-hybridized carbons (Fsp3) is 0.357. The van der Waals surface area contributed by atoms with Crippen molar-refractivity contribution >= 4 is 23.2 Å². The van der Waals surface area contributed by atoms with Crippen LogP contribution in [0.4, 0.5) is 0 Å². The van der Waals surface area contributed by atoms with Crippen molar-refractivity contribution in [3.05, 3.63) is 88.1 Å². The number of carbonyl (C=O) groups excluding carboxylic acids is 2. The van der Waals surface area contributed by atoms with Crippen LogP contribution in [0.5, 0.6) is 5.75 Å². The lowest BCUT2D eigenvalue weighted by atomic mass is 10.0. The summed E-state index contributed by atoms with van der Waals surface area (Å²) in [4.78, 5) is 31.3. The van der Waals surface area contributed by atoms with E-state index in [0.717, 1.165) is 44.0 Å². The van der Waals surface area contributed by atoms with Gasteiger partial charge in [-0.25, -0.2) is 0 Å². The first kappa shape index (κ1) is 25.9. The van der Waals surface area contributed by atoms with E-state index in [1.807, 2.05) is 43.3 Å². The molecule has 2 heterocycles. The third kappa shape index (κ3) is 6.94. The van der Waals surface area contributed by atoms with E-state index in [2.05, 4.69) is 56.1 Å². The predicted molar refractivity (Wildman–Crippen MR) is 143 cm³/mol. The number of nitrogens with zero attached hydrogens (tertiary/aromatic N) is 2. The van der Waals surface area contributed by atoms with Crippen molar-refractivity contribution in [2.75, 3.05) is 33.3 Å². The fourth-order valence-electron chi connectivity index (χ4n) is 4.60. The number of carbonyl (C=O) groups is 2. The number of piperazine rings is 1. The quantitative estimate of drug-likeness (QED) is 0.435. The Morgan fingerprint density at radius 1 is 0.917 bits per heavy atom. The first-order chi connectivity index (χ1) is 17.5. The topological polar surface area (TPSA) is 73.9 Å². The normalized spacial score (nSPS) is 16.2. The Labute approximate surface area is 217 Å². The molecule has 1 aliphatic heterocycles. The molecular weight excluding hydrogens is 472 g/mol. The Morgan fingerprint density at radius 3 is 2.28 bits per heavy atom. The summed E-state index contributed by atoms with van der Waals surface area (Å²) < 4.78 is 5.15. The van der Waals surface area contributed by atoms with E-state index in [4.69, 9.17) is 4.74 Å². The molecule has 8 heteroatoms.